The molecule has 20 heavy (non-hydrogen) atoms. The molecule has 2 rings (SSSR count). The van der Waals surface area contributed by atoms with E-state index in [-0.39, 0.29) is 0 Å². The van der Waals surface area contributed by atoms with E-state index in [0.29, 0.717) is 22.4 Å². The molecule has 1 aromatic heterocycles. The standard InChI is InChI=1S/C13H14N4O2S/c1-4-5-8-20-13-14-15-16-17(13)11-9-10(18-2)6-7-12(11)19-3/h6-7,9H,8H2,1-3H3. The first kappa shape index (κ1) is 14.2. The van der Waals surface area contributed by atoms with Gasteiger partial charge in [-0.2, -0.15) is 4.68 Å². The number of ether oxygens (including phenoxy) is 2. The minimum atomic E-state index is 0.628. The Balaban J connectivity index is 2.39. The highest BCUT2D eigenvalue weighted by Gasteiger charge is 2.14. The first-order valence-corrected chi connectivity index (χ1v) is 6.82. The van der Waals surface area contributed by atoms with Crippen LogP contribution in [0.4, 0.5) is 0 Å². The van der Waals surface area contributed by atoms with Crippen LogP contribution in [0.1, 0.15) is 6.92 Å². The van der Waals surface area contributed by atoms with Crippen molar-refractivity contribution in [2.75, 3.05) is 20.0 Å². The van der Waals surface area contributed by atoms with Crippen LogP contribution >= 0.6 is 11.8 Å². The molecule has 0 saturated carbocycles. The molecule has 2 aromatic rings. The molecule has 0 aliphatic carbocycles. The van der Waals surface area contributed by atoms with Gasteiger partial charge >= 0.3 is 0 Å². The molecule has 0 spiro atoms. The summed E-state index contributed by atoms with van der Waals surface area (Å²) in [5.41, 5.74) is 0.726. The van der Waals surface area contributed by atoms with Gasteiger partial charge in [0.1, 0.15) is 17.2 Å². The van der Waals surface area contributed by atoms with Crippen molar-refractivity contribution >= 4 is 11.8 Å². The van der Waals surface area contributed by atoms with E-state index < -0.39 is 0 Å². The highest BCUT2D eigenvalue weighted by atomic mass is 32.2. The van der Waals surface area contributed by atoms with Gasteiger partial charge in [-0.05, 0) is 29.5 Å². The molecule has 0 saturated heterocycles. The summed E-state index contributed by atoms with van der Waals surface area (Å²) in [7, 11) is 3.21. The van der Waals surface area contributed by atoms with Crippen LogP contribution in [0.15, 0.2) is 23.4 Å². The Labute approximate surface area is 121 Å². The number of aromatic nitrogens is 4. The highest BCUT2D eigenvalue weighted by molar-refractivity contribution is 7.99. The molecule has 1 heterocycles. The monoisotopic (exact) mass is 290 g/mol. The van der Waals surface area contributed by atoms with Crippen molar-refractivity contribution < 1.29 is 9.47 Å². The Morgan fingerprint density at radius 1 is 1.30 bits per heavy atom. The summed E-state index contributed by atoms with van der Waals surface area (Å²) in [6.07, 6.45) is 0. The van der Waals surface area contributed by atoms with Crippen LogP contribution in [0, 0.1) is 11.8 Å². The van der Waals surface area contributed by atoms with Crippen LogP contribution in [0.25, 0.3) is 5.69 Å². The molecule has 0 aliphatic heterocycles. The van der Waals surface area contributed by atoms with E-state index in [4.69, 9.17) is 9.47 Å². The highest BCUT2D eigenvalue weighted by Crippen LogP contribution is 2.29. The number of hydrogen-bond donors (Lipinski definition) is 0. The third-order valence-electron chi connectivity index (χ3n) is 2.51. The lowest BCUT2D eigenvalue weighted by atomic mass is 10.3. The van der Waals surface area contributed by atoms with E-state index in [2.05, 4.69) is 27.4 Å². The SMILES string of the molecule is CC#CCSc1nnnn1-c1cc(OC)ccc1OC. The summed E-state index contributed by atoms with van der Waals surface area (Å²) >= 11 is 1.46. The first-order chi connectivity index (χ1) is 9.80. The Bertz CT molecular complexity index is 645. The van der Waals surface area contributed by atoms with Gasteiger partial charge in [0.05, 0.1) is 20.0 Å². The van der Waals surface area contributed by atoms with Crippen LogP contribution in [-0.2, 0) is 0 Å². The van der Waals surface area contributed by atoms with Gasteiger partial charge in [-0.3, -0.25) is 0 Å². The zero-order chi connectivity index (χ0) is 14.4. The molecule has 0 N–H and O–H groups in total. The molecule has 0 radical (unpaired) electrons. The van der Waals surface area contributed by atoms with E-state index in [1.807, 2.05) is 18.2 Å². The third kappa shape index (κ3) is 3.03. The number of tetrazole rings is 1. The van der Waals surface area contributed by atoms with Gasteiger partial charge < -0.3 is 9.47 Å². The second-order valence-electron chi connectivity index (χ2n) is 3.63. The molecular weight excluding hydrogens is 276 g/mol. The largest absolute Gasteiger partial charge is 0.497 e. The predicted octanol–water partition coefficient (Wildman–Crippen LogP) is 1.79. The topological polar surface area (TPSA) is 62.1 Å². The summed E-state index contributed by atoms with van der Waals surface area (Å²) in [6.45, 7) is 1.80. The number of thioether (sulfide) groups is 1. The Hall–Kier alpha value is -2.20. The summed E-state index contributed by atoms with van der Waals surface area (Å²) in [5.74, 6) is 7.81. The Kier molecular flexibility index (Phi) is 4.85. The fourth-order valence-corrected chi connectivity index (χ4v) is 2.25. The van der Waals surface area contributed by atoms with E-state index in [1.54, 1.807) is 25.8 Å². The smallest absolute Gasteiger partial charge is 0.215 e. The zero-order valence-corrected chi connectivity index (χ0v) is 12.3. The molecule has 0 unspecified atom stereocenters. The molecular formula is C13H14N4O2S. The van der Waals surface area contributed by atoms with Crippen LogP contribution in [0.2, 0.25) is 0 Å². The molecule has 0 bridgehead atoms. The van der Waals surface area contributed by atoms with Gasteiger partial charge in [-0.25, -0.2) is 0 Å². The van der Waals surface area contributed by atoms with Crippen molar-refractivity contribution in [1.82, 2.24) is 20.2 Å². The fourth-order valence-electron chi connectivity index (χ4n) is 1.56. The zero-order valence-electron chi connectivity index (χ0n) is 11.5. The minimum Gasteiger partial charge on any atom is -0.497 e. The van der Waals surface area contributed by atoms with Crippen LogP contribution < -0.4 is 9.47 Å². The summed E-state index contributed by atoms with van der Waals surface area (Å²) in [6, 6.07) is 5.46. The van der Waals surface area contributed by atoms with E-state index >= 15 is 0 Å². The van der Waals surface area contributed by atoms with E-state index in [0.717, 1.165) is 5.69 Å². The number of nitrogens with zero attached hydrogens (tertiary/aromatic N) is 4. The molecule has 1 aromatic carbocycles. The molecule has 0 amide bonds. The van der Waals surface area contributed by atoms with Gasteiger partial charge in [-0.1, -0.05) is 17.7 Å². The molecule has 0 aliphatic rings. The van der Waals surface area contributed by atoms with Gasteiger partial charge in [0.2, 0.25) is 5.16 Å². The lowest BCUT2D eigenvalue weighted by Gasteiger charge is -2.10. The number of methoxy groups -OCH3 is 2. The van der Waals surface area contributed by atoms with Crippen LogP contribution in [0.3, 0.4) is 0 Å². The maximum Gasteiger partial charge on any atom is 0.215 e. The normalized spacial score (nSPS) is 9.75. The Morgan fingerprint density at radius 3 is 2.85 bits per heavy atom. The van der Waals surface area contributed by atoms with Crippen molar-refractivity contribution in [2.45, 2.75) is 12.1 Å². The maximum absolute atomic E-state index is 5.34. The minimum absolute atomic E-state index is 0.628. The van der Waals surface area contributed by atoms with Crippen LogP contribution in [-0.4, -0.2) is 40.2 Å². The Morgan fingerprint density at radius 2 is 2.15 bits per heavy atom. The lowest BCUT2D eigenvalue weighted by molar-refractivity contribution is 0.399. The maximum atomic E-state index is 5.34. The predicted molar refractivity (Wildman–Crippen MR) is 76.4 cm³/mol. The molecule has 0 atom stereocenters. The van der Waals surface area contributed by atoms with Crippen molar-refractivity contribution in [3.8, 4) is 29.0 Å². The van der Waals surface area contributed by atoms with E-state index in [1.165, 1.54) is 11.8 Å². The first-order valence-electron chi connectivity index (χ1n) is 5.83. The van der Waals surface area contributed by atoms with Gasteiger partial charge in [0.25, 0.3) is 0 Å². The number of benzene rings is 1. The van der Waals surface area contributed by atoms with E-state index in [9.17, 15) is 0 Å². The second kappa shape index (κ2) is 6.82. The quantitative estimate of drug-likeness (QED) is 0.618. The number of rotatable bonds is 5. The van der Waals surface area contributed by atoms with Crippen molar-refractivity contribution in [1.29, 1.82) is 0 Å². The van der Waals surface area contributed by atoms with Gasteiger partial charge in [0.15, 0.2) is 0 Å². The fraction of sp³-hybridized carbons (Fsp3) is 0.308. The molecule has 7 heteroatoms. The average Bonchev–Trinajstić information content (AvgIpc) is 2.95. The van der Waals surface area contributed by atoms with Crippen molar-refractivity contribution in [3.63, 3.8) is 0 Å². The number of hydrogen-bond acceptors (Lipinski definition) is 6. The molecule has 104 valence electrons. The molecule has 6 nitrogen and oxygen atoms in total. The lowest BCUT2D eigenvalue weighted by Crippen LogP contribution is -2.02. The third-order valence-corrected chi connectivity index (χ3v) is 3.31. The molecule has 0 fully saturated rings. The summed E-state index contributed by atoms with van der Waals surface area (Å²) in [4.78, 5) is 0. The van der Waals surface area contributed by atoms with Crippen molar-refractivity contribution in [2.24, 2.45) is 0 Å². The van der Waals surface area contributed by atoms with Gasteiger partial charge in [0, 0.05) is 6.07 Å². The van der Waals surface area contributed by atoms with Gasteiger partial charge in [-0.15, -0.1) is 11.0 Å². The van der Waals surface area contributed by atoms with Crippen molar-refractivity contribution in [3.05, 3.63) is 18.2 Å². The second-order valence-corrected chi connectivity index (χ2v) is 4.57. The average molecular weight is 290 g/mol. The summed E-state index contributed by atoms with van der Waals surface area (Å²) in [5, 5.41) is 12.4. The summed E-state index contributed by atoms with van der Waals surface area (Å²) < 4.78 is 12.2. The van der Waals surface area contributed by atoms with Crippen LogP contribution in [0.5, 0.6) is 11.5 Å².